The summed E-state index contributed by atoms with van der Waals surface area (Å²) in [6, 6.07) is 10.6. The number of rotatable bonds is 5. The van der Waals surface area contributed by atoms with Gasteiger partial charge in [-0.25, -0.2) is 9.97 Å². The van der Waals surface area contributed by atoms with Gasteiger partial charge in [-0.1, -0.05) is 12.1 Å². The first-order valence-electron chi connectivity index (χ1n) is 6.49. The van der Waals surface area contributed by atoms with Crippen LogP contribution in [0.25, 0.3) is 0 Å². The van der Waals surface area contributed by atoms with Gasteiger partial charge in [0.2, 0.25) is 0 Å². The zero-order chi connectivity index (χ0) is 14.4. The number of hydrogen-bond donors (Lipinski definition) is 2. The van der Waals surface area contributed by atoms with Gasteiger partial charge in [0.15, 0.2) is 5.69 Å². The minimum atomic E-state index is 0.318. The van der Waals surface area contributed by atoms with Crippen molar-refractivity contribution in [1.29, 1.82) is 5.26 Å². The minimum absolute atomic E-state index is 0.318. The van der Waals surface area contributed by atoms with E-state index in [2.05, 4.69) is 46.6 Å². The predicted octanol–water partition coefficient (Wildman–Crippen LogP) is 2.78. The van der Waals surface area contributed by atoms with Crippen molar-refractivity contribution in [2.75, 3.05) is 10.6 Å². The Balaban J connectivity index is 1.97. The van der Waals surface area contributed by atoms with Crippen LogP contribution in [0.4, 0.5) is 11.5 Å². The predicted molar refractivity (Wildman–Crippen MR) is 79.3 cm³/mol. The molecule has 1 aromatic carbocycles. The van der Waals surface area contributed by atoms with Crippen LogP contribution in [0.2, 0.25) is 0 Å². The van der Waals surface area contributed by atoms with Crippen LogP contribution in [0.1, 0.15) is 25.1 Å². The number of aromatic nitrogens is 2. The second kappa shape index (κ2) is 6.53. The Morgan fingerprint density at radius 3 is 2.75 bits per heavy atom. The molecule has 5 heteroatoms. The fourth-order valence-corrected chi connectivity index (χ4v) is 1.77. The van der Waals surface area contributed by atoms with E-state index in [1.54, 1.807) is 6.20 Å². The molecule has 0 aliphatic carbocycles. The van der Waals surface area contributed by atoms with Crippen LogP contribution in [0.5, 0.6) is 0 Å². The number of hydrogen-bond acceptors (Lipinski definition) is 5. The Hall–Kier alpha value is -2.61. The molecule has 5 nitrogen and oxygen atoms in total. The first-order chi connectivity index (χ1) is 9.67. The van der Waals surface area contributed by atoms with Crippen molar-refractivity contribution in [3.8, 4) is 6.07 Å². The zero-order valence-electron chi connectivity index (χ0n) is 11.6. The zero-order valence-corrected chi connectivity index (χ0v) is 11.6. The number of anilines is 2. The molecule has 0 fully saturated rings. The van der Waals surface area contributed by atoms with Crippen molar-refractivity contribution in [2.24, 2.45) is 0 Å². The number of benzene rings is 1. The average molecular weight is 267 g/mol. The van der Waals surface area contributed by atoms with Crippen molar-refractivity contribution in [3.05, 3.63) is 47.9 Å². The third-order valence-electron chi connectivity index (χ3n) is 2.62. The van der Waals surface area contributed by atoms with Gasteiger partial charge >= 0.3 is 0 Å². The number of nitrogens with zero attached hydrogens (tertiary/aromatic N) is 3. The third-order valence-corrected chi connectivity index (χ3v) is 2.62. The van der Waals surface area contributed by atoms with Crippen LogP contribution in [0.3, 0.4) is 0 Å². The van der Waals surface area contributed by atoms with Crippen molar-refractivity contribution in [2.45, 2.75) is 26.4 Å². The quantitative estimate of drug-likeness (QED) is 0.871. The van der Waals surface area contributed by atoms with Gasteiger partial charge in [-0.3, -0.25) is 0 Å². The Morgan fingerprint density at radius 1 is 1.25 bits per heavy atom. The molecular weight excluding hydrogens is 250 g/mol. The smallest absolute Gasteiger partial charge is 0.158 e. The van der Waals surface area contributed by atoms with Crippen LogP contribution in [-0.4, -0.2) is 16.0 Å². The molecule has 20 heavy (non-hydrogen) atoms. The van der Waals surface area contributed by atoms with Crippen molar-refractivity contribution in [1.82, 2.24) is 9.97 Å². The number of nitriles is 1. The molecule has 0 aliphatic rings. The first-order valence-corrected chi connectivity index (χ1v) is 6.49. The second-order valence-electron chi connectivity index (χ2n) is 4.75. The standard InChI is InChI=1S/C15H17N5/c1-11(2)20-13-5-3-4-12(6-13)8-18-15-10-17-14(7-16)9-19-15/h3-6,9-11,20H,8H2,1-2H3,(H,18,19). The van der Waals surface area contributed by atoms with Gasteiger partial charge in [0, 0.05) is 18.3 Å². The van der Waals surface area contributed by atoms with Gasteiger partial charge in [0.05, 0.1) is 12.4 Å². The lowest BCUT2D eigenvalue weighted by atomic mass is 10.2. The summed E-state index contributed by atoms with van der Waals surface area (Å²) >= 11 is 0. The summed E-state index contributed by atoms with van der Waals surface area (Å²) in [5, 5.41) is 15.2. The lowest BCUT2D eigenvalue weighted by molar-refractivity contribution is 0.899. The highest BCUT2D eigenvalue weighted by molar-refractivity contribution is 5.47. The van der Waals surface area contributed by atoms with Crippen LogP contribution >= 0.6 is 0 Å². The molecule has 0 amide bonds. The van der Waals surface area contributed by atoms with Gasteiger partial charge in [0.1, 0.15) is 11.9 Å². The topological polar surface area (TPSA) is 73.6 Å². The molecular formula is C15H17N5. The van der Waals surface area contributed by atoms with Crippen LogP contribution in [0.15, 0.2) is 36.7 Å². The maximum absolute atomic E-state index is 8.66. The molecule has 0 bridgehead atoms. The molecule has 1 heterocycles. The highest BCUT2D eigenvalue weighted by atomic mass is 15.0. The molecule has 0 radical (unpaired) electrons. The van der Waals surface area contributed by atoms with Gasteiger partial charge in [-0.05, 0) is 31.5 Å². The monoisotopic (exact) mass is 267 g/mol. The number of nitrogens with one attached hydrogen (secondary N) is 2. The largest absolute Gasteiger partial charge is 0.383 e. The second-order valence-corrected chi connectivity index (χ2v) is 4.75. The van der Waals surface area contributed by atoms with E-state index < -0.39 is 0 Å². The van der Waals surface area contributed by atoms with E-state index in [4.69, 9.17) is 5.26 Å². The SMILES string of the molecule is CC(C)Nc1cccc(CNc2cnc(C#N)cn2)c1. The maximum atomic E-state index is 8.66. The van der Waals surface area contributed by atoms with Crippen LogP contribution < -0.4 is 10.6 Å². The fourth-order valence-electron chi connectivity index (χ4n) is 1.77. The molecule has 0 atom stereocenters. The summed E-state index contributed by atoms with van der Waals surface area (Å²) in [5.74, 6) is 0.659. The summed E-state index contributed by atoms with van der Waals surface area (Å²) in [6.45, 7) is 4.88. The fraction of sp³-hybridized carbons (Fsp3) is 0.267. The van der Waals surface area contributed by atoms with Crippen molar-refractivity contribution >= 4 is 11.5 Å². The Labute approximate surface area is 118 Å². The normalized spacial score (nSPS) is 10.1. The van der Waals surface area contributed by atoms with Gasteiger partial charge in [0.25, 0.3) is 0 Å². The molecule has 0 spiro atoms. The van der Waals surface area contributed by atoms with E-state index in [9.17, 15) is 0 Å². The highest BCUT2D eigenvalue weighted by Gasteiger charge is 2.00. The first kappa shape index (κ1) is 13.8. The molecule has 0 aliphatic heterocycles. The Kier molecular flexibility index (Phi) is 4.51. The van der Waals surface area contributed by atoms with E-state index in [1.165, 1.54) is 6.20 Å². The van der Waals surface area contributed by atoms with E-state index in [0.717, 1.165) is 11.3 Å². The highest BCUT2D eigenvalue weighted by Crippen LogP contribution is 2.13. The summed E-state index contributed by atoms with van der Waals surface area (Å²) in [5.41, 5.74) is 2.57. The summed E-state index contributed by atoms with van der Waals surface area (Å²) in [4.78, 5) is 8.09. The Morgan fingerprint density at radius 2 is 2.10 bits per heavy atom. The van der Waals surface area contributed by atoms with Gasteiger partial charge in [-0.2, -0.15) is 5.26 Å². The molecule has 2 rings (SSSR count). The molecule has 2 aromatic rings. The van der Waals surface area contributed by atoms with E-state index >= 15 is 0 Å². The summed E-state index contributed by atoms with van der Waals surface area (Å²) in [7, 11) is 0. The van der Waals surface area contributed by atoms with Crippen molar-refractivity contribution < 1.29 is 0 Å². The summed E-state index contributed by atoms with van der Waals surface area (Å²) < 4.78 is 0. The summed E-state index contributed by atoms with van der Waals surface area (Å²) in [6.07, 6.45) is 3.02. The maximum Gasteiger partial charge on any atom is 0.158 e. The third kappa shape index (κ3) is 3.95. The molecule has 0 saturated heterocycles. The van der Waals surface area contributed by atoms with Crippen LogP contribution in [-0.2, 0) is 6.54 Å². The molecule has 0 saturated carbocycles. The van der Waals surface area contributed by atoms with Gasteiger partial charge < -0.3 is 10.6 Å². The Bertz CT molecular complexity index is 598. The average Bonchev–Trinajstić information content (AvgIpc) is 2.45. The minimum Gasteiger partial charge on any atom is -0.383 e. The van der Waals surface area contributed by atoms with E-state index in [0.29, 0.717) is 24.1 Å². The van der Waals surface area contributed by atoms with E-state index in [-0.39, 0.29) is 0 Å². The molecule has 0 unspecified atom stereocenters. The lowest BCUT2D eigenvalue weighted by Gasteiger charge is -2.11. The van der Waals surface area contributed by atoms with Crippen molar-refractivity contribution in [3.63, 3.8) is 0 Å². The van der Waals surface area contributed by atoms with E-state index in [1.807, 2.05) is 18.2 Å². The lowest BCUT2D eigenvalue weighted by Crippen LogP contribution is -2.10. The molecule has 1 aromatic heterocycles. The molecule has 102 valence electrons. The van der Waals surface area contributed by atoms with Gasteiger partial charge in [-0.15, -0.1) is 0 Å². The molecule has 2 N–H and O–H groups in total. The van der Waals surface area contributed by atoms with Crippen LogP contribution in [0, 0.1) is 11.3 Å².